The van der Waals surface area contributed by atoms with Crippen molar-refractivity contribution >= 4 is 11.9 Å². The van der Waals surface area contributed by atoms with Crippen molar-refractivity contribution in [3.05, 3.63) is 17.5 Å². The third kappa shape index (κ3) is 2.83. The summed E-state index contributed by atoms with van der Waals surface area (Å²) in [5, 5.41) is 10.7. The van der Waals surface area contributed by atoms with Gasteiger partial charge >= 0.3 is 0 Å². The second kappa shape index (κ2) is 4.33. The summed E-state index contributed by atoms with van der Waals surface area (Å²) < 4.78 is 0. The summed E-state index contributed by atoms with van der Waals surface area (Å²) >= 11 is 0. The second-order valence-electron chi connectivity index (χ2n) is 2.86. The van der Waals surface area contributed by atoms with Gasteiger partial charge < -0.3 is 0 Å². The number of nitrogens with one attached hydrogen (secondary N) is 1. The van der Waals surface area contributed by atoms with Gasteiger partial charge in [-0.05, 0) is 19.9 Å². The Morgan fingerprint density at radius 2 is 2.07 bits per heavy atom. The monoisotopic (exact) mass is 190 g/mol. The number of anilines is 1. The van der Waals surface area contributed by atoms with Gasteiger partial charge in [-0.1, -0.05) is 0 Å². The molecule has 1 rings (SSSR count). The molecule has 0 atom stereocenters. The summed E-state index contributed by atoms with van der Waals surface area (Å²) in [6.07, 6.45) is -0.184. The van der Waals surface area contributed by atoms with Gasteiger partial charge in [0.15, 0.2) is 0 Å². The summed E-state index contributed by atoms with van der Waals surface area (Å²) in [4.78, 5) is 19.0. The Morgan fingerprint density at radius 3 is 2.57 bits per heavy atom. The van der Waals surface area contributed by atoms with E-state index < -0.39 is 5.91 Å². The van der Waals surface area contributed by atoms with Crippen molar-refractivity contribution in [2.45, 2.75) is 20.3 Å². The zero-order valence-corrected chi connectivity index (χ0v) is 8.03. The highest BCUT2D eigenvalue weighted by Gasteiger charge is 2.04. The van der Waals surface area contributed by atoms with Crippen molar-refractivity contribution in [3.8, 4) is 6.07 Å². The first-order valence-electron chi connectivity index (χ1n) is 4.11. The quantitative estimate of drug-likeness (QED) is 0.752. The minimum absolute atomic E-state index is 0.184. The number of aryl methyl sites for hydroxylation is 2. The maximum absolute atomic E-state index is 11.0. The van der Waals surface area contributed by atoms with Crippen molar-refractivity contribution in [2.24, 2.45) is 0 Å². The van der Waals surface area contributed by atoms with Gasteiger partial charge in [0, 0.05) is 11.4 Å². The summed E-state index contributed by atoms with van der Waals surface area (Å²) in [6, 6.07) is 3.55. The highest BCUT2D eigenvalue weighted by atomic mass is 16.1. The highest BCUT2D eigenvalue weighted by Crippen LogP contribution is 2.03. The van der Waals surface area contributed by atoms with Crippen molar-refractivity contribution < 1.29 is 4.79 Å². The van der Waals surface area contributed by atoms with Gasteiger partial charge in [0.2, 0.25) is 11.9 Å². The molecule has 72 valence electrons. The third-order valence-corrected chi connectivity index (χ3v) is 1.47. The van der Waals surface area contributed by atoms with E-state index in [1.165, 1.54) is 0 Å². The van der Waals surface area contributed by atoms with Crippen LogP contribution in [0.4, 0.5) is 5.95 Å². The van der Waals surface area contributed by atoms with E-state index in [2.05, 4.69) is 15.3 Å². The van der Waals surface area contributed by atoms with Gasteiger partial charge in [0.25, 0.3) is 0 Å². The van der Waals surface area contributed by atoms with E-state index in [0.717, 1.165) is 11.4 Å². The van der Waals surface area contributed by atoms with Crippen LogP contribution in [0.25, 0.3) is 0 Å². The molecular formula is C9H10N4O. The lowest BCUT2D eigenvalue weighted by atomic mass is 10.3. The normalized spacial score (nSPS) is 9.21. The molecule has 1 aromatic rings. The number of carbonyl (C=O) groups is 1. The van der Waals surface area contributed by atoms with Crippen LogP contribution in [-0.2, 0) is 4.79 Å². The molecule has 0 aliphatic rings. The molecular weight excluding hydrogens is 180 g/mol. The van der Waals surface area contributed by atoms with Gasteiger partial charge in [0.1, 0.15) is 6.42 Å². The fourth-order valence-corrected chi connectivity index (χ4v) is 1.02. The SMILES string of the molecule is Cc1cc(C)nc(NC(=O)CC#N)n1. The molecule has 5 nitrogen and oxygen atoms in total. The van der Waals surface area contributed by atoms with Crippen molar-refractivity contribution in [1.29, 1.82) is 5.26 Å². The Morgan fingerprint density at radius 1 is 1.50 bits per heavy atom. The summed E-state index contributed by atoms with van der Waals surface area (Å²) in [5.74, 6) is -0.139. The fraction of sp³-hybridized carbons (Fsp3) is 0.333. The first kappa shape index (κ1) is 10.1. The van der Waals surface area contributed by atoms with E-state index in [4.69, 9.17) is 5.26 Å². The predicted molar refractivity (Wildman–Crippen MR) is 50.4 cm³/mol. The maximum Gasteiger partial charge on any atom is 0.240 e. The second-order valence-corrected chi connectivity index (χ2v) is 2.86. The fourth-order valence-electron chi connectivity index (χ4n) is 1.02. The summed E-state index contributed by atoms with van der Waals surface area (Å²) in [5.41, 5.74) is 1.56. The van der Waals surface area contributed by atoms with E-state index in [-0.39, 0.29) is 12.4 Å². The van der Waals surface area contributed by atoms with Crippen LogP contribution < -0.4 is 5.32 Å². The van der Waals surface area contributed by atoms with Crippen LogP contribution in [0.1, 0.15) is 17.8 Å². The molecule has 0 saturated heterocycles. The average molecular weight is 190 g/mol. The first-order chi connectivity index (χ1) is 6.61. The Bertz CT molecular complexity index is 374. The van der Waals surface area contributed by atoms with Crippen LogP contribution in [-0.4, -0.2) is 15.9 Å². The number of carbonyl (C=O) groups excluding carboxylic acids is 1. The van der Waals surface area contributed by atoms with Crippen LogP contribution in [0, 0.1) is 25.2 Å². The lowest BCUT2D eigenvalue weighted by Gasteiger charge is -2.02. The minimum atomic E-state index is -0.391. The van der Waals surface area contributed by atoms with E-state index >= 15 is 0 Å². The van der Waals surface area contributed by atoms with E-state index in [1.807, 2.05) is 13.8 Å². The first-order valence-corrected chi connectivity index (χ1v) is 4.11. The average Bonchev–Trinajstić information content (AvgIpc) is 2.01. The molecule has 5 heteroatoms. The number of hydrogen-bond donors (Lipinski definition) is 1. The van der Waals surface area contributed by atoms with E-state index in [9.17, 15) is 4.79 Å². The molecule has 0 aromatic carbocycles. The molecule has 1 heterocycles. The molecule has 0 aliphatic heterocycles. The lowest BCUT2D eigenvalue weighted by Crippen LogP contribution is -2.13. The predicted octanol–water partition coefficient (Wildman–Crippen LogP) is 0.946. The third-order valence-electron chi connectivity index (χ3n) is 1.47. The molecule has 14 heavy (non-hydrogen) atoms. The lowest BCUT2D eigenvalue weighted by molar-refractivity contribution is -0.115. The van der Waals surface area contributed by atoms with Crippen LogP contribution in [0.5, 0.6) is 0 Å². The van der Waals surface area contributed by atoms with Crippen molar-refractivity contribution in [2.75, 3.05) is 5.32 Å². The molecule has 1 aromatic heterocycles. The van der Waals surface area contributed by atoms with Crippen molar-refractivity contribution in [3.63, 3.8) is 0 Å². The van der Waals surface area contributed by atoms with Gasteiger partial charge in [-0.15, -0.1) is 0 Å². The number of aromatic nitrogens is 2. The van der Waals surface area contributed by atoms with Gasteiger partial charge in [-0.25, -0.2) is 9.97 Å². The zero-order valence-electron chi connectivity index (χ0n) is 8.03. The molecule has 1 amide bonds. The molecule has 0 bridgehead atoms. The Balaban J connectivity index is 2.77. The molecule has 0 radical (unpaired) electrons. The maximum atomic E-state index is 11.0. The van der Waals surface area contributed by atoms with E-state index in [0.29, 0.717) is 0 Å². The van der Waals surface area contributed by atoms with E-state index in [1.54, 1.807) is 12.1 Å². The minimum Gasteiger partial charge on any atom is -0.294 e. The number of rotatable bonds is 2. The number of nitrogens with zero attached hydrogens (tertiary/aromatic N) is 3. The van der Waals surface area contributed by atoms with Crippen LogP contribution in [0.3, 0.4) is 0 Å². The highest BCUT2D eigenvalue weighted by molar-refractivity contribution is 5.90. The summed E-state index contributed by atoms with van der Waals surface area (Å²) in [7, 11) is 0. The van der Waals surface area contributed by atoms with Crippen molar-refractivity contribution in [1.82, 2.24) is 9.97 Å². The Hall–Kier alpha value is -1.96. The molecule has 0 spiro atoms. The Labute approximate surface area is 81.8 Å². The standard InChI is InChI=1S/C9H10N4O/c1-6-5-7(2)12-9(11-6)13-8(14)3-4-10/h5H,3H2,1-2H3,(H,11,12,13,14). The molecule has 0 aliphatic carbocycles. The smallest absolute Gasteiger partial charge is 0.240 e. The van der Waals surface area contributed by atoms with Gasteiger partial charge in [-0.3, -0.25) is 10.1 Å². The van der Waals surface area contributed by atoms with Crippen LogP contribution >= 0.6 is 0 Å². The molecule has 0 fully saturated rings. The molecule has 0 saturated carbocycles. The Kier molecular flexibility index (Phi) is 3.13. The zero-order chi connectivity index (χ0) is 10.6. The number of nitriles is 1. The van der Waals surface area contributed by atoms with Crippen LogP contribution in [0.15, 0.2) is 6.07 Å². The van der Waals surface area contributed by atoms with Crippen LogP contribution in [0.2, 0.25) is 0 Å². The summed E-state index contributed by atoms with van der Waals surface area (Å²) in [6.45, 7) is 3.63. The van der Waals surface area contributed by atoms with Gasteiger partial charge in [-0.2, -0.15) is 5.26 Å². The van der Waals surface area contributed by atoms with Gasteiger partial charge in [0.05, 0.1) is 6.07 Å². The topological polar surface area (TPSA) is 78.7 Å². The number of amides is 1. The number of hydrogen-bond acceptors (Lipinski definition) is 4. The largest absolute Gasteiger partial charge is 0.294 e. The molecule has 0 unspecified atom stereocenters. The molecule has 1 N–H and O–H groups in total.